The third-order valence-electron chi connectivity index (χ3n) is 5.62. The van der Waals surface area contributed by atoms with Crippen molar-refractivity contribution in [1.29, 1.82) is 0 Å². The van der Waals surface area contributed by atoms with Gasteiger partial charge in [0.1, 0.15) is 12.0 Å². The maximum atomic E-state index is 13.4. The molecule has 3 aromatic heterocycles. The molecular formula is C25H22N4O2. The van der Waals surface area contributed by atoms with Crippen LogP contribution in [0.5, 0.6) is 0 Å². The summed E-state index contributed by atoms with van der Waals surface area (Å²) in [7, 11) is 0. The minimum absolute atomic E-state index is 0.149. The van der Waals surface area contributed by atoms with Crippen LogP contribution in [0, 0.1) is 6.92 Å². The van der Waals surface area contributed by atoms with Crippen molar-refractivity contribution in [1.82, 2.24) is 19.5 Å². The summed E-state index contributed by atoms with van der Waals surface area (Å²) in [5.74, 6) is 0.139. The Labute approximate surface area is 180 Å². The van der Waals surface area contributed by atoms with Gasteiger partial charge >= 0.3 is 0 Å². The van der Waals surface area contributed by atoms with E-state index in [0.717, 1.165) is 24.9 Å². The molecule has 0 spiro atoms. The molecule has 4 aromatic rings. The Morgan fingerprint density at radius 3 is 2.74 bits per heavy atom. The second-order valence-corrected chi connectivity index (χ2v) is 7.97. The van der Waals surface area contributed by atoms with E-state index < -0.39 is 0 Å². The number of fused-ring (bicyclic) bond motifs is 1. The van der Waals surface area contributed by atoms with E-state index in [1.54, 1.807) is 18.6 Å². The number of rotatable bonds is 5. The topological polar surface area (TPSA) is 73.8 Å². The van der Waals surface area contributed by atoms with E-state index in [2.05, 4.69) is 63.7 Å². The van der Waals surface area contributed by atoms with E-state index in [0.29, 0.717) is 11.3 Å². The fourth-order valence-electron chi connectivity index (χ4n) is 3.94. The number of carbonyl (C=O) groups is 1. The molecule has 1 aromatic carbocycles. The summed E-state index contributed by atoms with van der Waals surface area (Å²) >= 11 is 0. The van der Waals surface area contributed by atoms with Gasteiger partial charge in [0.15, 0.2) is 5.69 Å². The molecule has 5 rings (SSSR count). The Bertz CT molecular complexity index is 1280. The van der Waals surface area contributed by atoms with Gasteiger partial charge in [0.25, 0.3) is 0 Å². The van der Waals surface area contributed by atoms with Crippen molar-refractivity contribution in [3.63, 3.8) is 0 Å². The average Bonchev–Trinajstić information content (AvgIpc) is 3.41. The zero-order chi connectivity index (χ0) is 21.4. The first-order valence-electron chi connectivity index (χ1n) is 10.3. The van der Waals surface area contributed by atoms with E-state index in [1.165, 1.54) is 28.7 Å². The van der Waals surface area contributed by atoms with Gasteiger partial charge in [0.2, 0.25) is 11.7 Å². The van der Waals surface area contributed by atoms with E-state index in [1.807, 2.05) is 6.20 Å². The second-order valence-electron chi connectivity index (χ2n) is 7.97. The number of ketones is 1. The average molecular weight is 410 g/mol. The highest BCUT2D eigenvalue weighted by atomic mass is 16.3. The van der Waals surface area contributed by atoms with Crippen LogP contribution in [0.3, 0.4) is 0 Å². The van der Waals surface area contributed by atoms with Gasteiger partial charge in [-0.25, -0.2) is 9.97 Å². The van der Waals surface area contributed by atoms with Crippen LogP contribution < -0.4 is 0 Å². The number of hydrogen-bond donors (Lipinski definition) is 0. The molecule has 0 unspecified atom stereocenters. The lowest BCUT2D eigenvalue weighted by Gasteiger charge is -2.15. The third kappa shape index (κ3) is 3.72. The highest BCUT2D eigenvalue weighted by molar-refractivity contribution is 6.10. The molecule has 0 bridgehead atoms. The van der Waals surface area contributed by atoms with Gasteiger partial charge < -0.3 is 8.98 Å². The first-order valence-corrected chi connectivity index (χ1v) is 10.3. The fourth-order valence-corrected chi connectivity index (χ4v) is 3.94. The predicted octanol–water partition coefficient (Wildman–Crippen LogP) is 4.87. The van der Waals surface area contributed by atoms with Crippen molar-refractivity contribution in [2.45, 2.75) is 33.2 Å². The number of benzene rings is 1. The summed E-state index contributed by atoms with van der Waals surface area (Å²) in [4.78, 5) is 26.0. The van der Waals surface area contributed by atoms with Gasteiger partial charge in [0.05, 0.1) is 6.20 Å². The van der Waals surface area contributed by atoms with E-state index in [9.17, 15) is 4.79 Å². The van der Waals surface area contributed by atoms with E-state index in [4.69, 9.17) is 4.42 Å². The van der Waals surface area contributed by atoms with Crippen molar-refractivity contribution >= 4 is 11.9 Å². The maximum Gasteiger partial charge on any atom is 0.247 e. The Morgan fingerprint density at radius 1 is 1.13 bits per heavy atom. The predicted molar refractivity (Wildman–Crippen MR) is 118 cm³/mol. The molecular weight excluding hydrogens is 388 g/mol. The molecule has 6 nitrogen and oxygen atoms in total. The number of nitrogens with zero attached hydrogens (tertiary/aromatic N) is 4. The molecule has 0 fully saturated rings. The minimum Gasteiger partial charge on any atom is -0.442 e. The summed E-state index contributed by atoms with van der Waals surface area (Å²) in [5, 5.41) is 0. The maximum absolute atomic E-state index is 13.4. The molecule has 0 saturated heterocycles. The fraction of sp³-hybridized carbons (Fsp3) is 0.200. The summed E-state index contributed by atoms with van der Waals surface area (Å²) in [5.41, 5.74) is 7.31. The number of allylic oxidation sites excluding steroid dienone is 1. The molecule has 0 aliphatic heterocycles. The van der Waals surface area contributed by atoms with E-state index in [-0.39, 0.29) is 17.4 Å². The zero-order valence-corrected chi connectivity index (χ0v) is 17.5. The smallest absolute Gasteiger partial charge is 0.247 e. The Hall–Kier alpha value is -3.80. The summed E-state index contributed by atoms with van der Waals surface area (Å²) in [6.45, 7) is 4.92. The lowest BCUT2D eigenvalue weighted by molar-refractivity contribution is 0.103. The quantitative estimate of drug-likeness (QED) is 0.439. The summed E-state index contributed by atoms with van der Waals surface area (Å²) < 4.78 is 7.71. The standard InChI is InChI=1S/C25H22N4O2/c1-16-3-6-18(7-4-16)13-29-14-20(19-11-17(2)5-8-23(19)29)24(30)22-15-31-25(28-22)21-12-26-9-10-27-21/h3-4,6-7,9-12,14-15H,5,8,13H2,1-2H3. The van der Waals surface area contributed by atoms with Gasteiger partial charge in [0, 0.05) is 42.0 Å². The number of aromatic nitrogens is 4. The van der Waals surface area contributed by atoms with Crippen LogP contribution >= 0.6 is 0 Å². The molecule has 0 N–H and O–H groups in total. The van der Waals surface area contributed by atoms with Crippen molar-refractivity contribution in [3.05, 3.63) is 94.5 Å². The molecule has 1 aliphatic carbocycles. The number of carbonyl (C=O) groups excluding carboxylic acids is 1. The van der Waals surface area contributed by atoms with Crippen molar-refractivity contribution in [2.75, 3.05) is 0 Å². The molecule has 6 heteroatoms. The second kappa shape index (κ2) is 7.80. The molecule has 31 heavy (non-hydrogen) atoms. The lowest BCUT2D eigenvalue weighted by atomic mass is 9.94. The van der Waals surface area contributed by atoms with E-state index >= 15 is 0 Å². The lowest BCUT2D eigenvalue weighted by Crippen LogP contribution is -2.07. The third-order valence-corrected chi connectivity index (χ3v) is 5.62. The van der Waals surface area contributed by atoms with Crippen LogP contribution in [0.15, 0.2) is 65.3 Å². The molecule has 0 saturated carbocycles. The molecule has 154 valence electrons. The Morgan fingerprint density at radius 2 is 1.97 bits per heavy atom. The monoisotopic (exact) mass is 410 g/mol. The van der Waals surface area contributed by atoms with Crippen LogP contribution in [0.25, 0.3) is 17.7 Å². The van der Waals surface area contributed by atoms with Gasteiger partial charge in [-0.15, -0.1) is 0 Å². The van der Waals surface area contributed by atoms with Gasteiger partial charge in [-0.2, -0.15) is 0 Å². The zero-order valence-electron chi connectivity index (χ0n) is 17.5. The summed E-state index contributed by atoms with van der Waals surface area (Å²) in [6, 6.07) is 8.51. The largest absolute Gasteiger partial charge is 0.442 e. The number of oxazole rings is 1. The van der Waals surface area contributed by atoms with Crippen molar-refractivity contribution in [2.24, 2.45) is 0 Å². The van der Waals surface area contributed by atoms with Gasteiger partial charge in [-0.1, -0.05) is 41.5 Å². The van der Waals surface area contributed by atoms with Crippen LogP contribution in [0.1, 0.15) is 51.8 Å². The van der Waals surface area contributed by atoms with Crippen LogP contribution in [0.4, 0.5) is 0 Å². The molecule has 3 heterocycles. The molecule has 0 radical (unpaired) electrons. The van der Waals surface area contributed by atoms with Gasteiger partial charge in [-0.05, 0) is 32.3 Å². The first kappa shape index (κ1) is 19.2. The number of hydrogen-bond acceptors (Lipinski definition) is 5. The van der Waals surface area contributed by atoms with Crippen molar-refractivity contribution in [3.8, 4) is 11.6 Å². The SMILES string of the molecule is CC1=Cc2c(C(=O)c3coc(-c4cnccn4)n3)cn(Cc3ccc(C)cc3)c2CC1. The van der Waals surface area contributed by atoms with Crippen LogP contribution in [-0.4, -0.2) is 25.3 Å². The first-order chi connectivity index (χ1) is 15.1. The highest BCUT2D eigenvalue weighted by Gasteiger charge is 2.25. The van der Waals surface area contributed by atoms with Crippen LogP contribution in [0.2, 0.25) is 0 Å². The molecule has 0 amide bonds. The molecule has 0 atom stereocenters. The Kier molecular flexibility index (Phi) is 4.82. The van der Waals surface area contributed by atoms with Gasteiger partial charge in [-0.3, -0.25) is 9.78 Å². The Balaban J connectivity index is 1.52. The minimum atomic E-state index is -0.149. The molecule has 1 aliphatic rings. The normalized spacial score (nSPS) is 13.0. The highest BCUT2D eigenvalue weighted by Crippen LogP contribution is 2.31. The van der Waals surface area contributed by atoms with Crippen LogP contribution in [-0.2, 0) is 13.0 Å². The number of aryl methyl sites for hydroxylation is 1. The van der Waals surface area contributed by atoms with Crippen molar-refractivity contribution < 1.29 is 9.21 Å². The summed E-state index contributed by atoms with van der Waals surface area (Å²) in [6.07, 6.45) is 12.1.